The summed E-state index contributed by atoms with van der Waals surface area (Å²) in [6.07, 6.45) is 2.35. The fraction of sp³-hybridized carbons (Fsp3) is 0.214. The molecule has 0 atom stereocenters. The van der Waals surface area contributed by atoms with Gasteiger partial charge < -0.3 is 5.32 Å². The number of rotatable bonds is 3. The fourth-order valence-corrected chi connectivity index (χ4v) is 3.12. The van der Waals surface area contributed by atoms with Crippen molar-refractivity contribution < 1.29 is 0 Å². The molecule has 0 unspecified atom stereocenters. The van der Waals surface area contributed by atoms with Crippen molar-refractivity contribution in [2.45, 2.75) is 13.3 Å². The van der Waals surface area contributed by atoms with Gasteiger partial charge in [0.25, 0.3) is 0 Å². The second-order valence-electron chi connectivity index (χ2n) is 4.13. The smallest absolute Gasteiger partial charge is 0.167 e. The molecule has 0 saturated carbocycles. The van der Waals surface area contributed by atoms with E-state index in [0.29, 0.717) is 0 Å². The van der Waals surface area contributed by atoms with E-state index in [0.717, 1.165) is 39.7 Å². The Bertz CT molecular complexity index is 779. The molecule has 0 aliphatic rings. The molecule has 0 aromatic carbocycles. The summed E-state index contributed by atoms with van der Waals surface area (Å²) in [6, 6.07) is 2.03. The number of fused-ring (bicyclic) bond motifs is 1. The Balaban J connectivity index is 1.58. The van der Waals surface area contributed by atoms with Gasteiger partial charge >= 0.3 is 0 Å². The predicted octanol–water partition coefficient (Wildman–Crippen LogP) is 3.31. The molecule has 100 valence electrons. The minimum Gasteiger partial charge on any atom is -0.368 e. The average Bonchev–Trinajstić information content (AvgIpc) is 3.07. The van der Waals surface area contributed by atoms with Gasteiger partial charge in [0.15, 0.2) is 5.01 Å². The lowest BCUT2D eigenvalue weighted by Crippen LogP contribution is -2.02. The van der Waals surface area contributed by atoms with Gasteiger partial charge in [-0.15, -0.1) is 22.7 Å². The molecule has 3 heterocycles. The van der Waals surface area contributed by atoms with Crippen molar-refractivity contribution in [3.63, 3.8) is 0 Å². The standard InChI is InChI=1S/C14H12N4S2/c1-10-8-20-12(18-10)4-2-3-6-15-13-11-5-7-19-14(11)17-9-16-13/h5,7-9H,3,6H2,1H3,(H,15,16,17). The summed E-state index contributed by atoms with van der Waals surface area (Å²) < 4.78 is 0. The maximum atomic E-state index is 4.31. The van der Waals surface area contributed by atoms with E-state index in [-0.39, 0.29) is 0 Å². The number of aromatic nitrogens is 3. The topological polar surface area (TPSA) is 50.7 Å². The van der Waals surface area contributed by atoms with Gasteiger partial charge in [0.1, 0.15) is 17.0 Å². The minimum absolute atomic E-state index is 0.758. The molecule has 0 bridgehead atoms. The first-order valence-electron chi connectivity index (χ1n) is 6.16. The van der Waals surface area contributed by atoms with E-state index in [1.54, 1.807) is 29.0 Å². The van der Waals surface area contributed by atoms with Crippen molar-refractivity contribution in [1.82, 2.24) is 15.0 Å². The number of thiophene rings is 1. The summed E-state index contributed by atoms with van der Waals surface area (Å²) in [5, 5.41) is 9.28. The van der Waals surface area contributed by atoms with Gasteiger partial charge in [0.2, 0.25) is 0 Å². The monoisotopic (exact) mass is 300 g/mol. The molecule has 4 nitrogen and oxygen atoms in total. The number of nitrogens with one attached hydrogen (secondary N) is 1. The van der Waals surface area contributed by atoms with E-state index in [1.165, 1.54) is 0 Å². The van der Waals surface area contributed by atoms with Crippen molar-refractivity contribution in [2.75, 3.05) is 11.9 Å². The first-order chi connectivity index (χ1) is 9.83. The van der Waals surface area contributed by atoms with Crippen molar-refractivity contribution in [3.05, 3.63) is 33.9 Å². The highest BCUT2D eigenvalue weighted by atomic mass is 32.1. The summed E-state index contributed by atoms with van der Waals surface area (Å²) >= 11 is 3.20. The van der Waals surface area contributed by atoms with Crippen LogP contribution in [-0.2, 0) is 0 Å². The molecule has 0 saturated heterocycles. The van der Waals surface area contributed by atoms with Crippen LogP contribution in [0.15, 0.2) is 23.2 Å². The quantitative estimate of drug-likeness (QED) is 0.595. The molecule has 3 rings (SSSR count). The number of thiazole rings is 1. The van der Waals surface area contributed by atoms with Gasteiger partial charge in [0, 0.05) is 24.0 Å². The van der Waals surface area contributed by atoms with Gasteiger partial charge in [-0.2, -0.15) is 0 Å². The zero-order valence-electron chi connectivity index (χ0n) is 10.9. The van der Waals surface area contributed by atoms with Crippen LogP contribution in [0.25, 0.3) is 10.2 Å². The van der Waals surface area contributed by atoms with Crippen molar-refractivity contribution in [3.8, 4) is 11.8 Å². The van der Waals surface area contributed by atoms with Crippen LogP contribution in [0.2, 0.25) is 0 Å². The van der Waals surface area contributed by atoms with Crippen LogP contribution < -0.4 is 5.32 Å². The van der Waals surface area contributed by atoms with Crippen molar-refractivity contribution in [1.29, 1.82) is 0 Å². The Hall–Kier alpha value is -1.97. The third-order valence-corrected chi connectivity index (χ3v) is 4.31. The lowest BCUT2D eigenvalue weighted by atomic mass is 10.3. The third kappa shape index (κ3) is 2.95. The van der Waals surface area contributed by atoms with Crippen LogP contribution >= 0.6 is 22.7 Å². The zero-order chi connectivity index (χ0) is 13.8. The number of hydrogen-bond acceptors (Lipinski definition) is 6. The molecular weight excluding hydrogens is 288 g/mol. The highest BCUT2D eigenvalue weighted by Gasteiger charge is 2.02. The van der Waals surface area contributed by atoms with Crippen molar-refractivity contribution in [2.24, 2.45) is 0 Å². The number of anilines is 1. The first-order valence-corrected chi connectivity index (χ1v) is 7.92. The summed E-state index contributed by atoms with van der Waals surface area (Å²) in [6.45, 7) is 2.74. The molecule has 0 radical (unpaired) electrons. The summed E-state index contributed by atoms with van der Waals surface area (Å²) in [5.41, 5.74) is 1.03. The fourth-order valence-electron chi connectivity index (χ4n) is 1.72. The van der Waals surface area contributed by atoms with Gasteiger partial charge in [0.05, 0.1) is 5.39 Å². The molecule has 3 aromatic rings. The van der Waals surface area contributed by atoms with Crippen LogP contribution in [0, 0.1) is 18.8 Å². The average molecular weight is 300 g/mol. The molecular formula is C14H12N4S2. The lowest BCUT2D eigenvalue weighted by Gasteiger charge is -2.03. The molecule has 0 spiro atoms. The first kappa shape index (κ1) is 13.0. The van der Waals surface area contributed by atoms with Crippen molar-refractivity contribution >= 4 is 38.7 Å². The van der Waals surface area contributed by atoms with Crippen LogP contribution in [0.4, 0.5) is 5.82 Å². The molecule has 0 aliphatic heterocycles. The lowest BCUT2D eigenvalue weighted by molar-refractivity contribution is 1.07. The Morgan fingerprint density at radius 1 is 1.30 bits per heavy atom. The molecule has 1 N–H and O–H groups in total. The Kier molecular flexibility index (Phi) is 3.90. The number of nitrogens with zero attached hydrogens (tertiary/aromatic N) is 3. The number of aryl methyl sites for hydroxylation is 1. The van der Waals surface area contributed by atoms with E-state index in [4.69, 9.17) is 0 Å². The highest BCUT2D eigenvalue weighted by Crippen LogP contribution is 2.23. The molecule has 3 aromatic heterocycles. The van der Waals surface area contributed by atoms with Crippen LogP contribution in [0.3, 0.4) is 0 Å². The van der Waals surface area contributed by atoms with Gasteiger partial charge in [-0.05, 0) is 24.3 Å². The Morgan fingerprint density at radius 3 is 3.10 bits per heavy atom. The largest absolute Gasteiger partial charge is 0.368 e. The van der Waals surface area contributed by atoms with Gasteiger partial charge in [-0.1, -0.05) is 5.92 Å². The maximum Gasteiger partial charge on any atom is 0.167 e. The highest BCUT2D eigenvalue weighted by molar-refractivity contribution is 7.16. The van der Waals surface area contributed by atoms with E-state index in [2.05, 4.69) is 32.1 Å². The minimum atomic E-state index is 0.758. The SMILES string of the molecule is Cc1csc(C#CCCNc2ncnc3sccc23)n1. The maximum absolute atomic E-state index is 4.31. The third-order valence-electron chi connectivity index (χ3n) is 2.62. The molecule has 0 aliphatic carbocycles. The second kappa shape index (κ2) is 5.99. The summed E-state index contributed by atoms with van der Waals surface area (Å²) in [7, 11) is 0. The normalized spacial score (nSPS) is 10.2. The molecule has 0 fully saturated rings. The molecule has 0 amide bonds. The Labute approximate surface area is 124 Å². The second-order valence-corrected chi connectivity index (χ2v) is 5.89. The van der Waals surface area contributed by atoms with E-state index < -0.39 is 0 Å². The molecule has 20 heavy (non-hydrogen) atoms. The van der Waals surface area contributed by atoms with E-state index in [1.807, 2.05) is 23.8 Å². The molecule has 6 heteroatoms. The van der Waals surface area contributed by atoms with E-state index >= 15 is 0 Å². The zero-order valence-corrected chi connectivity index (χ0v) is 12.5. The Morgan fingerprint density at radius 2 is 2.25 bits per heavy atom. The van der Waals surface area contributed by atoms with Gasteiger partial charge in [-0.25, -0.2) is 15.0 Å². The van der Waals surface area contributed by atoms with Crippen LogP contribution in [0.5, 0.6) is 0 Å². The van der Waals surface area contributed by atoms with Crippen LogP contribution in [-0.4, -0.2) is 21.5 Å². The summed E-state index contributed by atoms with van der Waals surface area (Å²) in [5.74, 6) is 7.07. The predicted molar refractivity (Wildman–Crippen MR) is 84.3 cm³/mol. The summed E-state index contributed by atoms with van der Waals surface area (Å²) in [4.78, 5) is 13.8. The van der Waals surface area contributed by atoms with E-state index in [9.17, 15) is 0 Å². The number of hydrogen-bond donors (Lipinski definition) is 1. The van der Waals surface area contributed by atoms with Crippen LogP contribution in [0.1, 0.15) is 17.1 Å². The van der Waals surface area contributed by atoms with Gasteiger partial charge in [-0.3, -0.25) is 0 Å².